The SMILES string of the molecule is [C]#CC12CCC(CC1)C2. The zero-order chi connectivity index (χ0) is 6.32. The van der Waals surface area contributed by atoms with Gasteiger partial charge in [0.1, 0.15) is 0 Å². The minimum atomic E-state index is 0.269. The third-order valence-electron chi connectivity index (χ3n) is 3.01. The molecule has 0 N–H and O–H groups in total. The molecule has 0 aromatic carbocycles. The molecule has 0 aliphatic heterocycles. The van der Waals surface area contributed by atoms with Crippen LogP contribution in [0.1, 0.15) is 32.1 Å². The van der Waals surface area contributed by atoms with Gasteiger partial charge in [-0.25, -0.2) is 0 Å². The average Bonchev–Trinajstić information content (AvgIpc) is 2.46. The van der Waals surface area contributed by atoms with Crippen LogP contribution in [0.2, 0.25) is 0 Å². The smallest absolute Gasteiger partial charge is 0.0327 e. The molecule has 47 valence electrons. The lowest BCUT2D eigenvalue weighted by atomic mass is 9.85. The molecule has 0 saturated heterocycles. The van der Waals surface area contributed by atoms with Gasteiger partial charge in [0.2, 0.25) is 0 Å². The lowest BCUT2D eigenvalue weighted by Crippen LogP contribution is -2.09. The van der Waals surface area contributed by atoms with E-state index in [1.54, 1.807) is 0 Å². The standard InChI is InChI=1S/C9H11/c1-2-9-5-3-8(7-9)4-6-9/h8H,3-7H2. The molecule has 2 aliphatic rings. The predicted molar refractivity (Wildman–Crippen MR) is 36.1 cm³/mol. The van der Waals surface area contributed by atoms with Crippen LogP contribution in [0.25, 0.3) is 0 Å². The fourth-order valence-corrected chi connectivity index (χ4v) is 2.37. The van der Waals surface area contributed by atoms with E-state index in [0.29, 0.717) is 0 Å². The highest BCUT2D eigenvalue weighted by atomic mass is 14.5. The van der Waals surface area contributed by atoms with Gasteiger partial charge in [0.05, 0.1) is 0 Å². The normalized spacial score (nSPS) is 47.2. The van der Waals surface area contributed by atoms with Crippen LogP contribution in [0, 0.1) is 23.7 Å². The minimum absolute atomic E-state index is 0.269. The molecule has 0 heteroatoms. The molecule has 0 atom stereocenters. The van der Waals surface area contributed by atoms with Gasteiger partial charge >= 0.3 is 0 Å². The van der Waals surface area contributed by atoms with Crippen molar-refractivity contribution in [1.82, 2.24) is 0 Å². The van der Waals surface area contributed by atoms with Crippen molar-refractivity contribution in [2.45, 2.75) is 32.1 Å². The van der Waals surface area contributed by atoms with E-state index in [0.717, 1.165) is 5.92 Å². The van der Waals surface area contributed by atoms with E-state index in [1.165, 1.54) is 32.1 Å². The van der Waals surface area contributed by atoms with Gasteiger partial charge in [-0.15, -0.1) is 0 Å². The number of hydrogen-bond acceptors (Lipinski definition) is 0. The second-order valence-corrected chi connectivity index (χ2v) is 3.55. The minimum Gasteiger partial charge on any atom is -0.0823 e. The first kappa shape index (κ1) is 5.35. The Morgan fingerprint density at radius 2 is 2.00 bits per heavy atom. The molecule has 2 rings (SSSR count). The summed E-state index contributed by atoms with van der Waals surface area (Å²) in [5, 5.41) is 0. The average molecular weight is 119 g/mol. The first-order valence-corrected chi connectivity index (χ1v) is 3.79. The fourth-order valence-electron chi connectivity index (χ4n) is 2.37. The second-order valence-electron chi connectivity index (χ2n) is 3.55. The molecule has 0 aromatic rings. The maximum absolute atomic E-state index is 7.12. The molecule has 0 aromatic heterocycles. The van der Waals surface area contributed by atoms with E-state index < -0.39 is 0 Å². The summed E-state index contributed by atoms with van der Waals surface area (Å²) < 4.78 is 0. The Kier molecular flexibility index (Phi) is 0.913. The Hall–Kier alpha value is -0.440. The summed E-state index contributed by atoms with van der Waals surface area (Å²) in [6.07, 6.45) is 13.6. The van der Waals surface area contributed by atoms with Crippen LogP contribution in [-0.4, -0.2) is 0 Å². The summed E-state index contributed by atoms with van der Waals surface area (Å²) >= 11 is 0. The van der Waals surface area contributed by atoms with E-state index in [1.807, 2.05) is 0 Å². The maximum Gasteiger partial charge on any atom is 0.0327 e. The molecule has 2 fully saturated rings. The molecular weight excluding hydrogens is 108 g/mol. The zero-order valence-corrected chi connectivity index (χ0v) is 5.61. The summed E-state index contributed by atoms with van der Waals surface area (Å²) in [7, 11) is 0. The van der Waals surface area contributed by atoms with Gasteiger partial charge in [0.25, 0.3) is 0 Å². The second kappa shape index (κ2) is 1.53. The molecule has 2 bridgehead atoms. The van der Waals surface area contributed by atoms with Crippen LogP contribution >= 0.6 is 0 Å². The van der Waals surface area contributed by atoms with E-state index in [2.05, 4.69) is 5.92 Å². The molecule has 0 nitrogen and oxygen atoms in total. The van der Waals surface area contributed by atoms with E-state index >= 15 is 0 Å². The van der Waals surface area contributed by atoms with Gasteiger partial charge in [0.15, 0.2) is 0 Å². The first-order valence-electron chi connectivity index (χ1n) is 3.79. The predicted octanol–water partition coefficient (Wildman–Crippen LogP) is 2.16. The number of fused-ring (bicyclic) bond motifs is 2. The third kappa shape index (κ3) is 0.611. The molecule has 0 unspecified atom stereocenters. The van der Waals surface area contributed by atoms with Gasteiger partial charge in [-0.05, 0) is 44.4 Å². The van der Waals surface area contributed by atoms with E-state index in [-0.39, 0.29) is 5.41 Å². The van der Waals surface area contributed by atoms with Crippen molar-refractivity contribution in [3.8, 4) is 5.92 Å². The van der Waals surface area contributed by atoms with Crippen molar-refractivity contribution in [1.29, 1.82) is 0 Å². The molecule has 0 amide bonds. The summed E-state index contributed by atoms with van der Waals surface area (Å²) in [6.45, 7) is 0. The Morgan fingerprint density at radius 1 is 1.33 bits per heavy atom. The maximum atomic E-state index is 7.12. The van der Waals surface area contributed by atoms with Crippen molar-refractivity contribution in [3.63, 3.8) is 0 Å². The topological polar surface area (TPSA) is 0 Å². The highest BCUT2D eigenvalue weighted by Gasteiger charge is 2.43. The summed E-state index contributed by atoms with van der Waals surface area (Å²) in [6, 6.07) is 0. The van der Waals surface area contributed by atoms with Crippen molar-refractivity contribution in [3.05, 3.63) is 6.42 Å². The zero-order valence-electron chi connectivity index (χ0n) is 5.61. The molecule has 1 radical (unpaired) electrons. The monoisotopic (exact) mass is 119 g/mol. The van der Waals surface area contributed by atoms with Gasteiger partial charge in [-0.1, -0.05) is 5.92 Å². The summed E-state index contributed by atoms with van der Waals surface area (Å²) in [4.78, 5) is 0. The van der Waals surface area contributed by atoms with Crippen LogP contribution < -0.4 is 0 Å². The quantitative estimate of drug-likeness (QED) is 0.429. The van der Waals surface area contributed by atoms with Crippen LogP contribution in [-0.2, 0) is 0 Å². The molecular formula is C9H11. The summed E-state index contributed by atoms with van der Waals surface area (Å²) in [5.74, 6) is 3.68. The Bertz CT molecular complexity index is 153. The lowest BCUT2D eigenvalue weighted by molar-refractivity contribution is 0.400. The van der Waals surface area contributed by atoms with Gasteiger partial charge in [-0.2, -0.15) is 0 Å². The van der Waals surface area contributed by atoms with Crippen LogP contribution in [0.5, 0.6) is 0 Å². The van der Waals surface area contributed by atoms with Gasteiger partial charge in [0, 0.05) is 5.41 Å². The Morgan fingerprint density at radius 3 is 2.22 bits per heavy atom. The van der Waals surface area contributed by atoms with Crippen LogP contribution in [0.3, 0.4) is 0 Å². The van der Waals surface area contributed by atoms with Gasteiger partial charge < -0.3 is 0 Å². The third-order valence-corrected chi connectivity index (χ3v) is 3.01. The highest BCUT2D eigenvalue weighted by molar-refractivity contribution is 5.10. The molecule has 0 spiro atoms. The van der Waals surface area contributed by atoms with E-state index in [4.69, 9.17) is 6.42 Å². The summed E-state index contributed by atoms with van der Waals surface area (Å²) in [5.41, 5.74) is 0.269. The molecule has 9 heavy (non-hydrogen) atoms. The van der Waals surface area contributed by atoms with Crippen LogP contribution in [0.15, 0.2) is 0 Å². The van der Waals surface area contributed by atoms with Crippen molar-refractivity contribution in [2.75, 3.05) is 0 Å². The van der Waals surface area contributed by atoms with Crippen molar-refractivity contribution < 1.29 is 0 Å². The largest absolute Gasteiger partial charge is 0.0823 e. The Balaban J connectivity index is 2.25. The molecule has 0 heterocycles. The number of rotatable bonds is 0. The molecule has 2 saturated carbocycles. The van der Waals surface area contributed by atoms with Crippen LogP contribution in [0.4, 0.5) is 0 Å². The highest BCUT2D eigenvalue weighted by Crippen LogP contribution is 2.53. The first-order chi connectivity index (χ1) is 4.35. The van der Waals surface area contributed by atoms with Crippen molar-refractivity contribution >= 4 is 0 Å². The Labute approximate surface area is 56.6 Å². The van der Waals surface area contributed by atoms with E-state index in [9.17, 15) is 0 Å². The lowest BCUT2D eigenvalue weighted by Gasteiger charge is -2.17. The van der Waals surface area contributed by atoms with Gasteiger partial charge in [-0.3, -0.25) is 0 Å². The molecule has 2 aliphatic carbocycles. The number of hydrogen-bond donors (Lipinski definition) is 0. The fraction of sp³-hybridized carbons (Fsp3) is 0.778. The van der Waals surface area contributed by atoms with Crippen molar-refractivity contribution in [2.24, 2.45) is 11.3 Å².